The summed E-state index contributed by atoms with van der Waals surface area (Å²) in [5.74, 6) is 0. The van der Waals surface area contributed by atoms with Crippen molar-refractivity contribution < 1.29 is 0 Å². The molecule has 1 aromatic rings. The lowest BCUT2D eigenvalue weighted by Gasteiger charge is -2.06. The second kappa shape index (κ2) is 4.42. The molecule has 0 bridgehead atoms. The Hall–Kier alpha value is -0.610. The number of hydrogen-bond acceptors (Lipinski definition) is 3. The molecule has 0 saturated heterocycles. The Morgan fingerprint density at radius 3 is 3.00 bits per heavy atom. The molecule has 1 rings (SSSR count). The maximum atomic E-state index is 10.8. The van der Waals surface area contributed by atoms with E-state index in [1.54, 1.807) is 0 Å². The van der Waals surface area contributed by atoms with Crippen LogP contribution in [0, 0.1) is 0 Å². The maximum absolute atomic E-state index is 10.8. The first-order valence-corrected chi connectivity index (χ1v) is 5.05. The average molecular weight is 186 g/mol. The molecule has 0 aliphatic heterocycles. The molecule has 0 aromatic carbocycles. The zero-order valence-corrected chi connectivity index (χ0v) is 7.99. The summed E-state index contributed by atoms with van der Waals surface area (Å²) in [5.41, 5.74) is 6.70. The molecule has 0 aliphatic carbocycles. The Balaban J connectivity index is 2.53. The molecule has 1 unspecified atom stereocenters. The number of aromatic amines is 1. The van der Waals surface area contributed by atoms with E-state index in [1.807, 2.05) is 5.38 Å². The van der Waals surface area contributed by atoms with Gasteiger partial charge in [-0.3, -0.25) is 4.79 Å². The van der Waals surface area contributed by atoms with Crippen LogP contribution in [0.25, 0.3) is 0 Å². The predicted molar refractivity (Wildman–Crippen MR) is 51.4 cm³/mol. The molecule has 1 aromatic heterocycles. The smallest absolute Gasteiger partial charge is 0.304 e. The summed E-state index contributed by atoms with van der Waals surface area (Å²) in [6, 6.07) is 0.00361. The molecule has 12 heavy (non-hydrogen) atoms. The van der Waals surface area contributed by atoms with Crippen molar-refractivity contribution in [3.05, 3.63) is 20.7 Å². The van der Waals surface area contributed by atoms with E-state index in [0.717, 1.165) is 25.0 Å². The lowest BCUT2D eigenvalue weighted by atomic mass is 10.1. The van der Waals surface area contributed by atoms with Crippen molar-refractivity contribution in [2.45, 2.75) is 32.2 Å². The van der Waals surface area contributed by atoms with Gasteiger partial charge in [-0.25, -0.2) is 0 Å². The Morgan fingerprint density at radius 2 is 2.50 bits per heavy atom. The van der Waals surface area contributed by atoms with Gasteiger partial charge in [-0.05, 0) is 6.42 Å². The third-order valence-electron chi connectivity index (χ3n) is 1.81. The lowest BCUT2D eigenvalue weighted by molar-refractivity contribution is 0.592. The number of H-pyrrole nitrogens is 1. The number of nitrogens with one attached hydrogen (secondary N) is 1. The highest BCUT2D eigenvalue weighted by molar-refractivity contribution is 7.07. The van der Waals surface area contributed by atoms with Crippen molar-refractivity contribution in [1.29, 1.82) is 0 Å². The number of rotatable bonds is 4. The zero-order valence-electron chi connectivity index (χ0n) is 7.17. The summed E-state index contributed by atoms with van der Waals surface area (Å²) in [4.78, 5) is 13.5. The molecule has 0 saturated carbocycles. The molecule has 0 aliphatic rings. The minimum atomic E-state index is -0.0167. The van der Waals surface area contributed by atoms with Gasteiger partial charge < -0.3 is 10.7 Å². The molecular formula is C8H14N2OS. The summed E-state index contributed by atoms with van der Waals surface area (Å²) in [6.45, 7) is 2.13. The van der Waals surface area contributed by atoms with E-state index in [4.69, 9.17) is 5.73 Å². The first kappa shape index (κ1) is 9.48. The van der Waals surface area contributed by atoms with Crippen LogP contribution in [0.1, 0.15) is 37.9 Å². The van der Waals surface area contributed by atoms with Gasteiger partial charge in [-0.15, -0.1) is 0 Å². The molecule has 1 atom stereocenters. The second-order valence-corrected chi connectivity index (χ2v) is 3.69. The van der Waals surface area contributed by atoms with Crippen molar-refractivity contribution in [1.82, 2.24) is 4.98 Å². The predicted octanol–water partition coefficient (Wildman–Crippen LogP) is 1.63. The van der Waals surface area contributed by atoms with Gasteiger partial charge in [-0.1, -0.05) is 31.1 Å². The molecule has 4 heteroatoms. The zero-order chi connectivity index (χ0) is 8.97. The Kier molecular flexibility index (Phi) is 3.49. The van der Waals surface area contributed by atoms with Crippen molar-refractivity contribution in [2.24, 2.45) is 5.73 Å². The van der Waals surface area contributed by atoms with Crippen LogP contribution in [0.3, 0.4) is 0 Å². The lowest BCUT2D eigenvalue weighted by Crippen LogP contribution is -2.11. The molecule has 3 nitrogen and oxygen atoms in total. The molecule has 0 fully saturated rings. The van der Waals surface area contributed by atoms with E-state index in [0.29, 0.717) is 0 Å². The highest BCUT2D eigenvalue weighted by Crippen LogP contribution is 2.14. The van der Waals surface area contributed by atoms with Crippen LogP contribution in [0.5, 0.6) is 0 Å². The minimum absolute atomic E-state index is 0.00361. The third-order valence-corrected chi connectivity index (χ3v) is 2.50. The standard InChI is InChI=1S/C8H14N2OS/c1-2-3-4-6(9)7-5-12-8(11)10-7/h5-6H,2-4,9H2,1H3,(H,10,11). The van der Waals surface area contributed by atoms with Crippen LogP contribution in [0.4, 0.5) is 0 Å². The van der Waals surface area contributed by atoms with Crippen LogP contribution in [0.15, 0.2) is 10.2 Å². The van der Waals surface area contributed by atoms with Crippen LogP contribution >= 0.6 is 11.3 Å². The van der Waals surface area contributed by atoms with Gasteiger partial charge in [0, 0.05) is 17.1 Å². The first-order valence-electron chi connectivity index (χ1n) is 4.17. The molecule has 0 radical (unpaired) electrons. The van der Waals surface area contributed by atoms with Crippen molar-refractivity contribution in [2.75, 3.05) is 0 Å². The summed E-state index contributed by atoms with van der Waals surface area (Å²) < 4.78 is 0. The van der Waals surface area contributed by atoms with Gasteiger partial charge in [-0.2, -0.15) is 0 Å². The minimum Gasteiger partial charge on any atom is -0.323 e. The van der Waals surface area contributed by atoms with Gasteiger partial charge >= 0.3 is 4.87 Å². The monoisotopic (exact) mass is 186 g/mol. The molecule has 68 valence electrons. The normalized spacial score (nSPS) is 13.2. The van der Waals surface area contributed by atoms with Crippen LogP contribution < -0.4 is 10.6 Å². The van der Waals surface area contributed by atoms with E-state index in [1.165, 1.54) is 11.3 Å². The van der Waals surface area contributed by atoms with Gasteiger partial charge in [0.1, 0.15) is 0 Å². The number of nitrogens with two attached hydrogens (primary N) is 1. The van der Waals surface area contributed by atoms with Gasteiger partial charge in [0.25, 0.3) is 0 Å². The molecule has 0 spiro atoms. The third kappa shape index (κ3) is 2.46. The topological polar surface area (TPSA) is 58.9 Å². The van der Waals surface area contributed by atoms with Crippen molar-refractivity contribution in [3.63, 3.8) is 0 Å². The highest BCUT2D eigenvalue weighted by atomic mass is 32.1. The number of hydrogen-bond donors (Lipinski definition) is 2. The fraction of sp³-hybridized carbons (Fsp3) is 0.625. The number of aromatic nitrogens is 1. The van der Waals surface area contributed by atoms with Gasteiger partial charge in [0.05, 0.1) is 0 Å². The van der Waals surface area contributed by atoms with E-state index in [2.05, 4.69) is 11.9 Å². The van der Waals surface area contributed by atoms with Gasteiger partial charge in [0.15, 0.2) is 0 Å². The molecular weight excluding hydrogens is 172 g/mol. The summed E-state index contributed by atoms with van der Waals surface area (Å²) in [7, 11) is 0. The average Bonchev–Trinajstić information content (AvgIpc) is 2.47. The van der Waals surface area contributed by atoms with E-state index >= 15 is 0 Å². The maximum Gasteiger partial charge on any atom is 0.304 e. The van der Waals surface area contributed by atoms with E-state index in [-0.39, 0.29) is 10.9 Å². The second-order valence-electron chi connectivity index (χ2n) is 2.85. The van der Waals surface area contributed by atoms with Crippen LogP contribution in [-0.2, 0) is 0 Å². The van der Waals surface area contributed by atoms with E-state index < -0.39 is 0 Å². The fourth-order valence-electron chi connectivity index (χ4n) is 1.05. The summed E-state index contributed by atoms with van der Waals surface area (Å²) in [5, 5.41) is 1.81. The molecule has 3 N–H and O–H groups in total. The number of unbranched alkanes of at least 4 members (excludes halogenated alkanes) is 1. The molecule has 1 heterocycles. The number of thiazole rings is 1. The Morgan fingerprint density at radius 1 is 1.75 bits per heavy atom. The first-order chi connectivity index (χ1) is 5.74. The fourth-order valence-corrected chi connectivity index (χ4v) is 1.70. The van der Waals surface area contributed by atoms with Crippen LogP contribution in [0.2, 0.25) is 0 Å². The quantitative estimate of drug-likeness (QED) is 0.750. The van der Waals surface area contributed by atoms with Gasteiger partial charge in [0.2, 0.25) is 0 Å². The molecule has 0 amide bonds. The van der Waals surface area contributed by atoms with Crippen LogP contribution in [-0.4, -0.2) is 4.98 Å². The van der Waals surface area contributed by atoms with E-state index in [9.17, 15) is 4.79 Å². The summed E-state index contributed by atoms with van der Waals surface area (Å²) >= 11 is 1.18. The van der Waals surface area contributed by atoms with Crippen molar-refractivity contribution >= 4 is 11.3 Å². The SMILES string of the molecule is CCCCC(N)c1csc(=O)[nH]1. The highest BCUT2D eigenvalue weighted by Gasteiger charge is 2.06. The Bertz CT molecular complexity index is 279. The van der Waals surface area contributed by atoms with Crippen molar-refractivity contribution in [3.8, 4) is 0 Å². The Labute approximate surface area is 75.6 Å². The summed E-state index contributed by atoms with van der Waals surface area (Å²) in [6.07, 6.45) is 3.20. The largest absolute Gasteiger partial charge is 0.323 e.